The third-order valence-corrected chi connectivity index (χ3v) is 10.4. The van der Waals surface area contributed by atoms with Crippen molar-refractivity contribution in [2.45, 2.75) is 51.5 Å². The molecule has 6 aromatic carbocycles. The summed E-state index contributed by atoms with van der Waals surface area (Å²) >= 11 is 0. The van der Waals surface area contributed by atoms with E-state index in [9.17, 15) is 0 Å². The second kappa shape index (κ2) is 9.81. The van der Waals surface area contributed by atoms with Crippen LogP contribution in [0.5, 0.6) is 0 Å². The summed E-state index contributed by atoms with van der Waals surface area (Å²) in [7, 11) is 0. The summed E-state index contributed by atoms with van der Waals surface area (Å²) in [5, 5.41) is 5.31. The fraction of sp³-hybridized carbons (Fsp3) is 0.182. The Kier molecular flexibility index (Phi) is 5.78. The normalized spacial score (nSPS) is 18.0. The van der Waals surface area contributed by atoms with E-state index in [0.29, 0.717) is 11.8 Å². The SMILES string of the molecule is CC(C)c1ccc2cc3c(cc2c1)C1=CC(c2ccc(-c4ccccc4)cc2)=CC2c4cc5cc(C(C)C)ccc5cc4N3C12. The van der Waals surface area contributed by atoms with Crippen LogP contribution in [0.4, 0.5) is 11.4 Å². The van der Waals surface area contributed by atoms with Gasteiger partial charge in [-0.15, -0.1) is 0 Å². The van der Waals surface area contributed by atoms with Crippen LogP contribution in [0, 0.1) is 0 Å². The van der Waals surface area contributed by atoms with Gasteiger partial charge >= 0.3 is 0 Å². The van der Waals surface area contributed by atoms with Crippen LogP contribution in [0.25, 0.3) is 43.8 Å². The lowest BCUT2D eigenvalue weighted by molar-refractivity contribution is 0.784. The lowest BCUT2D eigenvalue weighted by Gasteiger charge is -2.26. The molecule has 2 aliphatic heterocycles. The van der Waals surface area contributed by atoms with Crippen molar-refractivity contribution in [2.75, 3.05) is 4.90 Å². The molecule has 3 aliphatic rings. The molecular weight excluding hydrogens is 542 g/mol. The van der Waals surface area contributed by atoms with Crippen LogP contribution in [-0.2, 0) is 0 Å². The highest BCUT2D eigenvalue weighted by Crippen LogP contribution is 2.60. The average Bonchev–Trinajstić information content (AvgIpc) is 3.56. The molecule has 0 fully saturated rings. The fourth-order valence-corrected chi connectivity index (χ4v) is 7.92. The predicted molar refractivity (Wildman–Crippen MR) is 193 cm³/mol. The van der Waals surface area contributed by atoms with Gasteiger partial charge in [0, 0.05) is 17.2 Å². The number of fused-ring (bicyclic) bond motifs is 8. The van der Waals surface area contributed by atoms with Gasteiger partial charge in [-0.05, 0) is 108 Å². The maximum absolute atomic E-state index is 2.65. The summed E-state index contributed by atoms with van der Waals surface area (Å²) in [6.07, 6.45) is 5.03. The summed E-state index contributed by atoms with van der Waals surface area (Å²) in [5.74, 6) is 1.31. The van der Waals surface area contributed by atoms with E-state index in [1.807, 2.05) is 0 Å². The number of hydrogen-bond donors (Lipinski definition) is 0. The van der Waals surface area contributed by atoms with Crippen LogP contribution >= 0.6 is 0 Å². The quantitative estimate of drug-likeness (QED) is 0.201. The smallest absolute Gasteiger partial charge is 0.0702 e. The van der Waals surface area contributed by atoms with Crippen LogP contribution in [-0.4, -0.2) is 6.04 Å². The van der Waals surface area contributed by atoms with Gasteiger partial charge in [-0.1, -0.05) is 125 Å². The molecule has 1 heteroatoms. The summed E-state index contributed by atoms with van der Waals surface area (Å²) in [4.78, 5) is 2.65. The van der Waals surface area contributed by atoms with E-state index in [1.54, 1.807) is 0 Å². The largest absolute Gasteiger partial charge is 0.332 e. The van der Waals surface area contributed by atoms with Crippen molar-refractivity contribution in [1.29, 1.82) is 0 Å². The Labute approximate surface area is 266 Å². The van der Waals surface area contributed by atoms with Gasteiger partial charge in [0.2, 0.25) is 0 Å². The molecule has 0 spiro atoms. The molecule has 0 saturated carbocycles. The van der Waals surface area contributed by atoms with Crippen molar-refractivity contribution in [1.82, 2.24) is 0 Å². The summed E-state index contributed by atoms with van der Waals surface area (Å²) in [5.41, 5.74) is 14.9. The molecule has 0 aromatic heterocycles. The highest BCUT2D eigenvalue weighted by atomic mass is 15.2. The standard InChI is InChI=1S/C44H37N/c1-26(2)31-14-16-33-24-42-38(20-35(33)18-31)40-22-37(30-12-10-29(11-13-30)28-8-6-5-7-9-28)23-41-39-21-36-19-32(27(3)4)15-17-34(36)25-43(39)45(42)44(40)41/h5-27,40,44H,1-4H3. The zero-order chi connectivity index (χ0) is 30.4. The monoisotopic (exact) mass is 579 g/mol. The van der Waals surface area contributed by atoms with Crippen molar-refractivity contribution in [3.63, 3.8) is 0 Å². The Morgan fingerprint density at radius 1 is 0.533 bits per heavy atom. The Balaban J connectivity index is 1.25. The molecule has 0 bridgehead atoms. The molecule has 9 rings (SSSR count). The van der Waals surface area contributed by atoms with Crippen molar-refractivity contribution < 1.29 is 0 Å². The van der Waals surface area contributed by atoms with Crippen molar-refractivity contribution in [2.24, 2.45) is 0 Å². The van der Waals surface area contributed by atoms with Gasteiger partial charge in [0.15, 0.2) is 0 Å². The Morgan fingerprint density at radius 2 is 1.13 bits per heavy atom. The summed E-state index contributed by atoms with van der Waals surface area (Å²) < 4.78 is 0. The number of anilines is 2. The van der Waals surface area contributed by atoms with Crippen LogP contribution in [0.2, 0.25) is 0 Å². The first-order chi connectivity index (χ1) is 21.9. The topological polar surface area (TPSA) is 3.24 Å². The lowest BCUT2D eigenvalue weighted by Crippen LogP contribution is -2.26. The van der Waals surface area contributed by atoms with Crippen LogP contribution in [0.3, 0.4) is 0 Å². The molecule has 0 radical (unpaired) electrons. The molecule has 218 valence electrons. The zero-order valence-electron chi connectivity index (χ0n) is 26.4. The van der Waals surface area contributed by atoms with E-state index in [2.05, 4.69) is 160 Å². The fourth-order valence-electron chi connectivity index (χ4n) is 7.92. The molecule has 2 unspecified atom stereocenters. The van der Waals surface area contributed by atoms with Gasteiger partial charge in [-0.25, -0.2) is 0 Å². The van der Waals surface area contributed by atoms with Crippen molar-refractivity contribution in [3.8, 4) is 11.1 Å². The molecule has 1 nitrogen and oxygen atoms in total. The Bertz CT molecular complexity index is 2210. The Morgan fingerprint density at radius 3 is 1.80 bits per heavy atom. The number of hydrogen-bond acceptors (Lipinski definition) is 1. The van der Waals surface area contributed by atoms with Gasteiger partial charge in [0.25, 0.3) is 0 Å². The van der Waals surface area contributed by atoms with Crippen molar-refractivity contribution in [3.05, 3.63) is 155 Å². The zero-order valence-corrected chi connectivity index (χ0v) is 26.4. The molecule has 45 heavy (non-hydrogen) atoms. The first-order valence-corrected chi connectivity index (χ1v) is 16.5. The average molecular weight is 580 g/mol. The van der Waals surface area contributed by atoms with E-state index in [-0.39, 0.29) is 12.0 Å². The van der Waals surface area contributed by atoms with E-state index >= 15 is 0 Å². The molecule has 0 amide bonds. The van der Waals surface area contributed by atoms with Gasteiger partial charge in [-0.3, -0.25) is 0 Å². The van der Waals surface area contributed by atoms with E-state index in [4.69, 9.17) is 0 Å². The second-order valence-corrected chi connectivity index (χ2v) is 13.8. The molecular formula is C44H37N. The van der Waals surface area contributed by atoms with Crippen molar-refractivity contribution >= 4 is 44.1 Å². The number of rotatable bonds is 4. The molecule has 2 atom stereocenters. The van der Waals surface area contributed by atoms with Crippen LogP contribution < -0.4 is 4.90 Å². The lowest BCUT2D eigenvalue weighted by atomic mass is 9.80. The van der Waals surface area contributed by atoms with E-state index < -0.39 is 0 Å². The van der Waals surface area contributed by atoms with Crippen LogP contribution in [0.15, 0.2) is 127 Å². The molecule has 1 aliphatic carbocycles. The number of nitrogens with zero attached hydrogens (tertiary/aromatic N) is 1. The first kappa shape index (κ1) is 26.5. The van der Waals surface area contributed by atoms with E-state index in [0.717, 1.165) is 0 Å². The van der Waals surface area contributed by atoms with E-state index in [1.165, 1.54) is 83.0 Å². The van der Waals surface area contributed by atoms with Gasteiger partial charge in [0.05, 0.1) is 11.7 Å². The van der Waals surface area contributed by atoms with Gasteiger partial charge in [0.1, 0.15) is 0 Å². The highest BCUT2D eigenvalue weighted by molar-refractivity contribution is 6.07. The predicted octanol–water partition coefficient (Wildman–Crippen LogP) is 12.0. The number of benzene rings is 6. The van der Waals surface area contributed by atoms with Gasteiger partial charge in [-0.2, -0.15) is 0 Å². The molecule has 0 N–H and O–H groups in total. The highest BCUT2D eigenvalue weighted by Gasteiger charge is 2.48. The number of allylic oxidation sites excluding steroid dienone is 2. The molecule has 2 heterocycles. The third kappa shape index (κ3) is 4.07. The second-order valence-electron chi connectivity index (χ2n) is 13.8. The molecule has 0 saturated heterocycles. The maximum atomic E-state index is 2.65. The maximum Gasteiger partial charge on any atom is 0.0702 e. The minimum Gasteiger partial charge on any atom is -0.332 e. The summed E-state index contributed by atoms with van der Waals surface area (Å²) in [6.45, 7) is 9.13. The first-order valence-electron chi connectivity index (χ1n) is 16.5. The third-order valence-electron chi connectivity index (χ3n) is 10.4. The van der Waals surface area contributed by atoms with Gasteiger partial charge < -0.3 is 4.90 Å². The summed E-state index contributed by atoms with van der Waals surface area (Å²) in [6, 6.07) is 44.0. The minimum absolute atomic E-state index is 0.283. The minimum atomic E-state index is 0.283. The van der Waals surface area contributed by atoms with Crippen LogP contribution in [0.1, 0.15) is 73.3 Å². The Hall–Kier alpha value is -4.88. The molecule has 6 aromatic rings.